The smallest absolute Gasteiger partial charge is 0.341 e. The number of nitrogens with one attached hydrogen (secondary N) is 2. The van der Waals surface area contributed by atoms with Gasteiger partial charge in [-0.25, -0.2) is 4.79 Å². The summed E-state index contributed by atoms with van der Waals surface area (Å²) in [7, 11) is 1.66. The van der Waals surface area contributed by atoms with E-state index in [2.05, 4.69) is 10.6 Å². The fourth-order valence-corrected chi connectivity index (χ4v) is 5.54. The van der Waals surface area contributed by atoms with E-state index in [0.29, 0.717) is 22.2 Å². The second-order valence-corrected chi connectivity index (χ2v) is 10.1. The lowest BCUT2D eigenvalue weighted by Crippen LogP contribution is -2.21. The van der Waals surface area contributed by atoms with Gasteiger partial charge in [-0.2, -0.15) is 5.10 Å². The van der Waals surface area contributed by atoms with Crippen LogP contribution in [0.4, 0.5) is 10.7 Å². The third-order valence-corrected chi connectivity index (χ3v) is 7.16. The first-order valence-corrected chi connectivity index (χ1v) is 13.2. The summed E-state index contributed by atoms with van der Waals surface area (Å²) in [5.41, 5.74) is 5.98. The SMILES string of the molecule is CCOC(=O)c1c(NC(=S)Nc2c(C)nn(Cc3cccc(OC)c3)c2C)sc(C)c1-c1ccccc1. The number of hydrogen-bond donors (Lipinski definition) is 2. The Hall–Kier alpha value is -3.69. The van der Waals surface area contributed by atoms with Gasteiger partial charge in [0.15, 0.2) is 5.11 Å². The Morgan fingerprint density at radius 2 is 1.84 bits per heavy atom. The molecule has 0 aliphatic rings. The van der Waals surface area contributed by atoms with Crippen molar-refractivity contribution in [3.63, 3.8) is 0 Å². The standard InChI is InChI=1S/C28H30N4O3S2/c1-6-35-27(33)24-23(21-12-8-7-9-13-21)19(4)37-26(24)30-28(36)29-25-17(2)31-32(18(25)3)16-20-11-10-14-22(15-20)34-5/h7-15H,6,16H2,1-5H3,(H2,29,30,36). The molecule has 2 aromatic heterocycles. The van der Waals surface area contributed by atoms with Crippen LogP contribution in [-0.2, 0) is 11.3 Å². The third-order valence-electron chi connectivity index (χ3n) is 5.94. The van der Waals surface area contributed by atoms with Gasteiger partial charge in [0.05, 0.1) is 37.3 Å². The van der Waals surface area contributed by atoms with E-state index in [9.17, 15) is 4.79 Å². The van der Waals surface area contributed by atoms with Crippen LogP contribution >= 0.6 is 23.6 Å². The molecule has 0 fully saturated rings. The van der Waals surface area contributed by atoms with Crippen molar-refractivity contribution in [3.8, 4) is 16.9 Å². The molecule has 9 heteroatoms. The van der Waals surface area contributed by atoms with Crippen molar-refractivity contribution in [1.29, 1.82) is 0 Å². The third kappa shape index (κ3) is 5.84. The Labute approximate surface area is 226 Å². The van der Waals surface area contributed by atoms with Gasteiger partial charge in [-0.1, -0.05) is 42.5 Å². The zero-order valence-electron chi connectivity index (χ0n) is 21.5. The van der Waals surface area contributed by atoms with Crippen LogP contribution in [0, 0.1) is 20.8 Å². The first-order valence-electron chi connectivity index (χ1n) is 11.9. The number of carbonyl (C=O) groups is 1. The summed E-state index contributed by atoms with van der Waals surface area (Å²) in [6.45, 7) is 8.62. The molecule has 0 amide bonds. The number of carbonyl (C=O) groups excluding carboxylic acids is 1. The van der Waals surface area contributed by atoms with Gasteiger partial charge >= 0.3 is 5.97 Å². The molecule has 4 rings (SSSR count). The molecule has 0 saturated heterocycles. The predicted molar refractivity (Wildman–Crippen MR) is 154 cm³/mol. The van der Waals surface area contributed by atoms with Gasteiger partial charge in [0.1, 0.15) is 16.3 Å². The number of thiocarbonyl (C=S) groups is 1. The normalized spacial score (nSPS) is 10.7. The number of aromatic nitrogens is 2. The zero-order valence-corrected chi connectivity index (χ0v) is 23.2. The van der Waals surface area contributed by atoms with E-state index < -0.39 is 0 Å². The van der Waals surface area contributed by atoms with Gasteiger partial charge in [0.25, 0.3) is 0 Å². The lowest BCUT2D eigenvalue weighted by Gasteiger charge is -2.12. The lowest BCUT2D eigenvalue weighted by molar-refractivity contribution is 0.0529. The maximum Gasteiger partial charge on any atom is 0.341 e. The minimum atomic E-state index is -0.380. The molecule has 0 bridgehead atoms. The van der Waals surface area contributed by atoms with Crippen molar-refractivity contribution in [2.75, 3.05) is 24.4 Å². The first kappa shape index (κ1) is 26.4. The maximum absolute atomic E-state index is 13.0. The molecular weight excluding hydrogens is 504 g/mol. The van der Waals surface area contributed by atoms with E-state index in [0.717, 1.165) is 44.4 Å². The molecule has 4 aromatic rings. The molecule has 0 spiro atoms. The summed E-state index contributed by atoms with van der Waals surface area (Å²) in [4.78, 5) is 14.0. The molecule has 192 valence electrons. The van der Waals surface area contributed by atoms with Crippen LogP contribution in [0.25, 0.3) is 11.1 Å². The molecule has 0 atom stereocenters. The fourth-order valence-electron chi connectivity index (χ4n) is 4.21. The number of rotatable bonds is 8. The fraction of sp³-hybridized carbons (Fsp3) is 0.250. The molecule has 0 aliphatic carbocycles. The summed E-state index contributed by atoms with van der Waals surface area (Å²) in [6.07, 6.45) is 0. The molecule has 0 unspecified atom stereocenters. The Bertz CT molecular complexity index is 1430. The number of benzene rings is 2. The average molecular weight is 535 g/mol. The molecule has 2 heterocycles. The number of methoxy groups -OCH3 is 1. The quantitative estimate of drug-likeness (QED) is 0.195. The Balaban J connectivity index is 1.58. The van der Waals surface area contributed by atoms with Crippen LogP contribution in [0.5, 0.6) is 5.75 Å². The van der Waals surface area contributed by atoms with E-state index in [4.69, 9.17) is 26.8 Å². The molecule has 2 N–H and O–H groups in total. The highest BCUT2D eigenvalue weighted by atomic mass is 32.1. The lowest BCUT2D eigenvalue weighted by atomic mass is 10.0. The van der Waals surface area contributed by atoms with E-state index in [1.165, 1.54) is 11.3 Å². The molecule has 0 radical (unpaired) electrons. The number of anilines is 2. The highest BCUT2D eigenvalue weighted by Crippen LogP contribution is 2.40. The molecular formula is C28H30N4O3S2. The minimum Gasteiger partial charge on any atom is -0.497 e. The topological polar surface area (TPSA) is 77.4 Å². The largest absolute Gasteiger partial charge is 0.497 e. The van der Waals surface area contributed by atoms with Gasteiger partial charge < -0.3 is 20.1 Å². The second-order valence-electron chi connectivity index (χ2n) is 8.46. The number of hydrogen-bond acceptors (Lipinski definition) is 6. The Kier molecular flexibility index (Phi) is 8.25. The summed E-state index contributed by atoms with van der Waals surface area (Å²) in [5.74, 6) is 0.427. The Morgan fingerprint density at radius 1 is 1.08 bits per heavy atom. The highest BCUT2D eigenvalue weighted by Gasteiger charge is 2.25. The maximum atomic E-state index is 13.0. The van der Waals surface area contributed by atoms with Crippen molar-refractivity contribution in [3.05, 3.63) is 82.0 Å². The van der Waals surface area contributed by atoms with E-state index in [-0.39, 0.29) is 12.6 Å². The Morgan fingerprint density at radius 3 is 2.54 bits per heavy atom. The number of aryl methyl sites for hydroxylation is 2. The van der Waals surface area contributed by atoms with Gasteiger partial charge in [0.2, 0.25) is 0 Å². The molecule has 7 nitrogen and oxygen atoms in total. The number of thiophene rings is 1. The van der Waals surface area contributed by atoms with E-state index in [1.54, 1.807) is 14.0 Å². The minimum absolute atomic E-state index is 0.287. The first-order chi connectivity index (χ1) is 17.8. The van der Waals surface area contributed by atoms with Crippen LogP contribution in [0.15, 0.2) is 54.6 Å². The highest BCUT2D eigenvalue weighted by molar-refractivity contribution is 7.80. The van der Waals surface area contributed by atoms with Crippen molar-refractivity contribution < 1.29 is 14.3 Å². The average Bonchev–Trinajstić information content (AvgIpc) is 3.35. The second kappa shape index (κ2) is 11.6. The molecule has 0 saturated carbocycles. The molecule has 0 aliphatic heterocycles. The van der Waals surface area contributed by atoms with Crippen molar-refractivity contribution in [2.24, 2.45) is 0 Å². The summed E-state index contributed by atoms with van der Waals surface area (Å²) in [5, 5.41) is 12.3. The van der Waals surface area contributed by atoms with Gasteiger partial charge in [-0.3, -0.25) is 4.68 Å². The summed E-state index contributed by atoms with van der Waals surface area (Å²) < 4.78 is 12.7. The van der Waals surface area contributed by atoms with Gasteiger partial charge in [0, 0.05) is 10.4 Å². The monoisotopic (exact) mass is 534 g/mol. The molecule has 2 aromatic carbocycles. The summed E-state index contributed by atoms with van der Waals surface area (Å²) in [6, 6.07) is 17.8. The number of ether oxygens (including phenoxy) is 2. The van der Waals surface area contributed by atoms with Gasteiger partial charge in [-0.05, 0) is 63.2 Å². The predicted octanol–water partition coefficient (Wildman–Crippen LogP) is 6.58. The van der Waals surface area contributed by atoms with Crippen molar-refractivity contribution >= 4 is 45.3 Å². The van der Waals surface area contributed by atoms with Crippen molar-refractivity contribution in [2.45, 2.75) is 34.2 Å². The van der Waals surface area contributed by atoms with Crippen LogP contribution in [0.2, 0.25) is 0 Å². The number of nitrogens with zero attached hydrogens (tertiary/aromatic N) is 2. The van der Waals surface area contributed by atoms with E-state index in [1.807, 2.05) is 80.1 Å². The van der Waals surface area contributed by atoms with E-state index >= 15 is 0 Å². The van der Waals surface area contributed by atoms with Crippen molar-refractivity contribution in [1.82, 2.24) is 9.78 Å². The molecule has 37 heavy (non-hydrogen) atoms. The van der Waals surface area contributed by atoms with Crippen LogP contribution < -0.4 is 15.4 Å². The van der Waals surface area contributed by atoms with Gasteiger partial charge in [-0.15, -0.1) is 11.3 Å². The zero-order chi connectivity index (χ0) is 26.5. The number of esters is 1. The van der Waals surface area contributed by atoms with Crippen LogP contribution in [0.3, 0.4) is 0 Å². The summed E-state index contributed by atoms with van der Waals surface area (Å²) >= 11 is 7.14. The van der Waals surface area contributed by atoms with Crippen LogP contribution in [0.1, 0.15) is 39.1 Å². The van der Waals surface area contributed by atoms with Crippen LogP contribution in [-0.4, -0.2) is 34.6 Å².